The Morgan fingerprint density at radius 1 is 0.793 bits per heavy atom. The summed E-state index contributed by atoms with van der Waals surface area (Å²) < 4.78 is 89.1. The summed E-state index contributed by atoms with van der Waals surface area (Å²) in [5, 5.41) is 0. The molecule has 0 atom stereocenters. The van der Waals surface area contributed by atoms with E-state index in [9.17, 15) is 29.1 Å². The maximum Gasteiger partial charge on any atom is 0.332 e. The lowest BCUT2D eigenvalue weighted by atomic mass is 10.3. The van der Waals surface area contributed by atoms with Crippen molar-refractivity contribution in [2.45, 2.75) is 27.5 Å². The second kappa shape index (κ2) is 7.72. The molecule has 0 aliphatic carbocycles. The van der Waals surface area contributed by atoms with Gasteiger partial charge in [-0.25, -0.2) is 16.8 Å². The minimum absolute atomic E-state index is 0.0377. The molecule has 3 rings (SSSR count). The average molecular weight is 462 g/mol. The molecule has 0 unspecified atom stereocenters. The van der Waals surface area contributed by atoms with Crippen molar-refractivity contribution in [3.05, 3.63) is 48.5 Å². The highest BCUT2D eigenvalue weighted by atomic mass is 32.3. The summed E-state index contributed by atoms with van der Waals surface area (Å²) >= 11 is 0. The van der Waals surface area contributed by atoms with Crippen molar-refractivity contribution in [2.75, 3.05) is 11.3 Å². The molecule has 1 aliphatic heterocycles. The third kappa shape index (κ3) is 5.10. The minimum Gasteiger partial charge on any atom is -0.280 e. The van der Waals surface area contributed by atoms with Gasteiger partial charge in [0.1, 0.15) is 5.84 Å². The molecular weight excluding hydrogens is 445 g/mol. The number of sulfonamides is 2. The lowest BCUT2D eigenvalue weighted by Crippen LogP contribution is -2.29. The van der Waals surface area contributed by atoms with Crippen LogP contribution in [0, 0.1) is 0 Å². The summed E-state index contributed by atoms with van der Waals surface area (Å²) in [5.41, 5.74) is 0.0377. The number of hydrogen-bond acceptors (Lipinski definition) is 7. The first-order valence-electron chi connectivity index (χ1n) is 8.21. The number of amidine groups is 1. The highest BCUT2D eigenvalue weighted by Gasteiger charge is 2.21. The molecular formula is C16H16FN3O6S3. The predicted molar refractivity (Wildman–Crippen MR) is 104 cm³/mol. The molecule has 0 amide bonds. The summed E-state index contributed by atoms with van der Waals surface area (Å²) in [6, 6.07) is 8.68. The van der Waals surface area contributed by atoms with Crippen LogP contribution in [0.2, 0.25) is 0 Å². The molecule has 0 spiro atoms. The average Bonchev–Trinajstić information content (AvgIpc) is 3.13. The maximum absolute atomic E-state index is 13.1. The zero-order valence-electron chi connectivity index (χ0n) is 14.7. The Hall–Kier alpha value is -2.51. The van der Waals surface area contributed by atoms with Gasteiger partial charge in [0.2, 0.25) is 0 Å². The fraction of sp³-hybridized carbons (Fsp3) is 0.188. The molecule has 0 bridgehead atoms. The van der Waals surface area contributed by atoms with E-state index in [2.05, 4.69) is 14.4 Å². The van der Waals surface area contributed by atoms with Gasteiger partial charge in [0.25, 0.3) is 20.0 Å². The number of halogens is 1. The smallest absolute Gasteiger partial charge is 0.280 e. The lowest BCUT2D eigenvalue weighted by molar-refractivity contribution is 0.551. The number of aliphatic imine (C=N–C) groups is 1. The van der Waals surface area contributed by atoms with Gasteiger partial charge in [0, 0.05) is 18.7 Å². The molecule has 156 valence electrons. The van der Waals surface area contributed by atoms with E-state index in [1.54, 1.807) is 0 Å². The number of rotatable bonds is 6. The van der Waals surface area contributed by atoms with Crippen LogP contribution in [0.5, 0.6) is 0 Å². The fourth-order valence-electron chi connectivity index (χ4n) is 2.55. The lowest BCUT2D eigenvalue weighted by Gasteiger charge is -2.10. The zero-order chi connectivity index (χ0) is 21.3. The molecule has 2 aromatic rings. The Morgan fingerprint density at radius 2 is 1.41 bits per heavy atom. The molecule has 1 aliphatic rings. The Labute approximate surface area is 168 Å². The highest BCUT2D eigenvalue weighted by Crippen LogP contribution is 2.21. The van der Waals surface area contributed by atoms with Crippen LogP contribution in [0.1, 0.15) is 12.8 Å². The van der Waals surface area contributed by atoms with E-state index < -0.39 is 40.1 Å². The van der Waals surface area contributed by atoms with Gasteiger partial charge in [-0.05, 0) is 48.9 Å². The predicted octanol–water partition coefficient (Wildman–Crippen LogP) is 1.62. The summed E-state index contributed by atoms with van der Waals surface area (Å²) in [7, 11) is -13.1. The third-order valence-corrected chi connectivity index (χ3v) is 7.53. The first-order valence-corrected chi connectivity index (χ1v) is 12.6. The first-order chi connectivity index (χ1) is 13.5. The SMILES string of the molecule is O=S(=O)(F)c1cccc(S(=O)(=O)Nc2ccc(S(=O)(=O)NC3=NCCC3)cc2)c1. The van der Waals surface area contributed by atoms with Gasteiger partial charge in [-0.15, -0.1) is 3.89 Å². The summed E-state index contributed by atoms with van der Waals surface area (Å²) in [6.45, 7) is 0.559. The normalized spacial score (nSPS) is 15.0. The first kappa shape index (κ1) is 21.2. The molecule has 2 aromatic carbocycles. The van der Waals surface area contributed by atoms with E-state index in [0.717, 1.165) is 24.6 Å². The van der Waals surface area contributed by atoms with Crippen molar-refractivity contribution in [3.8, 4) is 0 Å². The summed E-state index contributed by atoms with van der Waals surface area (Å²) in [6.07, 6.45) is 1.30. The molecule has 0 fully saturated rings. The van der Waals surface area contributed by atoms with Crippen LogP contribution in [-0.2, 0) is 30.3 Å². The van der Waals surface area contributed by atoms with Crippen LogP contribution in [0.25, 0.3) is 0 Å². The van der Waals surface area contributed by atoms with Gasteiger partial charge in [-0.3, -0.25) is 14.4 Å². The van der Waals surface area contributed by atoms with E-state index in [0.29, 0.717) is 24.9 Å². The fourth-order valence-corrected chi connectivity index (χ4v) is 5.32. The van der Waals surface area contributed by atoms with Crippen LogP contribution >= 0.6 is 0 Å². The Balaban J connectivity index is 1.80. The number of nitrogens with zero attached hydrogens (tertiary/aromatic N) is 1. The minimum atomic E-state index is -5.07. The summed E-state index contributed by atoms with van der Waals surface area (Å²) in [5.74, 6) is 0.373. The summed E-state index contributed by atoms with van der Waals surface area (Å²) in [4.78, 5) is 2.70. The zero-order valence-corrected chi connectivity index (χ0v) is 17.2. The van der Waals surface area contributed by atoms with Crippen molar-refractivity contribution in [2.24, 2.45) is 4.99 Å². The second-order valence-electron chi connectivity index (χ2n) is 6.08. The number of hydrogen-bond donors (Lipinski definition) is 2. The Kier molecular flexibility index (Phi) is 5.65. The van der Waals surface area contributed by atoms with Crippen molar-refractivity contribution < 1.29 is 29.1 Å². The van der Waals surface area contributed by atoms with E-state index in [4.69, 9.17) is 0 Å². The van der Waals surface area contributed by atoms with Crippen LogP contribution in [0.3, 0.4) is 0 Å². The molecule has 0 saturated carbocycles. The maximum atomic E-state index is 13.1. The van der Waals surface area contributed by atoms with E-state index in [1.807, 2.05) is 0 Å². The third-order valence-electron chi connectivity index (χ3n) is 3.94. The molecule has 0 saturated heterocycles. The molecule has 0 aromatic heterocycles. The van der Waals surface area contributed by atoms with Gasteiger partial charge >= 0.3 is 10.2 Å². The van der Waals surface area contributed by atoms with Gasteiger partial charge in [0.05, 0.1) is 14.7 Å². The topological polar surface area (TPSA) is 139 Å². The van der Waals surface area contributed by atoms with Crippen molar-refractivity contribution >= 4 is 41.8 Å². The Bertz CT molecular complexity index is 1270. The second-order valence-corrected chi connectivity index (χ2v) is 10.8. The van der Waals surface area contributed by atoms with Crippen molar-refractivity contribution in [3.63, 3.8) is 0 Å². The standard InChI is InChI=1S/C16H16FN3O6S3/c17-27(21,22)14-3-1-4-15(11-14)29(25,26)19-12-6-8-13(9-7-12)28(23,24)20-16-5-2-10-18-16/h1,3-4,6-9,11,19H,2,5,10H2,(H,18,20). The molecule has 2 N–H and O–H groups in total. The van der Waals surface area contributed by atoms with E-state index in [1.165, 1.54) is 24.3 Å². The molecule has 13 heteroatoms. The van der Waals surface area contributed by atoms with Crippen LogP contribution < -0.4 is 9.44 Å². The Morgan fingerprint density at radius 3 is 2.00 bits per heavy atom. The largest absolute Gasteiger partial charge is 0.332 e. The van der Waals surface area contributed by atoms with Gasteiger partial charge < -0.3 is 0 Å². The van der Waals surface area contributed by atoms with Crippen LogP contribution in [0.15, 0.2) is 68.2 Å². The highest BCUT2D eigenvalue weighted by molar-refractivity contribution is 7.92. The van der Waals surface area contributed by atoms with Crippen LogP contribution in [0.4, 0.5) is 9.57 Å². The number of benzene rings is 2. The van der Waals surface area contributed by atoms with Gasteiger partial charge in [0.15, 0.2) is 0 Å². The molecule has 9 nitrogen and oxygen atoms in total. The van der Waals surface area contributed by atoms with Gasteiger partial charge in [-0.2, -0.15) is 8.42 Å². The molecule has 0 radical (unpaired) electrons. The monoisotopic (exact) mass is 461 g/mol. The number of anilines is 1. The number of nitrogens with one attached hydrogen (secondary N) is 2. The van der Waals surface area contributed by atoms with Crippen molar-refractivity contribution in [1.82, 2.24) is 4.72 Å². The van der Waals surface area contributed by atoms with Crippen molar-refractivity contribution in [1.29, 1.82) is 0 Å². The quantitative estimate of drug-likeness (QED) is 0.627. The van der Waals surface area contributed by atoms with E-state index in [-0.39, 0.29) is 10.6 Å². The molecule has 1 heterocycles. The molecule has 29 heavy (non-hydrogen) atoms. The van der Waals surface area contributed by atoms with E-state index >= 15 is 0 Å². The van der Waals surface area contributed by atoms with Gasteiger partial charge in [-0.1, -0.05) is 6.07 Å². The van der Waals surface area contributed by atoms with Crippen LogP contribution in [-0.4, -0.2) is 37.6 Å².